The molecule has 0 heterocycles. The summed E-state index contributed by atoms with van der Waals surface area (Å²) in [6.07, 6.45) is 6.51. The Morgan fingerprint density at radius 1 is 1.29 bits per heavy atom. The van der Waals surface area contributed by atoms with Crippen LogP contribution in [-0.2, 0) is 11.4 Å². The number of carbonyl (C=O) groups excluding carboxylic acids is 1. The minimum atomic E-state index is 0.0632. The van der Waals surface area contributed by atoms with Crippen LogP contribution in [0.1, 0.15) is 43.7 Å². The second-order valence-electron chi connectivity index (χ2n) is 8.06. The maximum absolute atomic E-state index is 12.5. The van der Waals surface area contributed by atoms with E-state index >= 15 is 0 Å². The van der Waals surface area contributed by atoms with E-state index in [1.807, 2.05) is 48.5 Å². The van der Waals surface area contributed by atoms with E-state index < -0.39 is 0 Å². The molecule has 3 atom stereocenters. The molecule has 2 aromatic carbocycles. The summed E-state index contributed by atoms with van der Waals surface area (Å²) < 4.78 is 6.91. The third kappa shape index (κ3) is 4.14. The zero-order valence-electron chi connectivity index (χ0n) is 16.0. The number of hydrazone groups is 1. The molecule has 0 bridgehead atoms. The van der Waals surface area contributed by atoms with Crippen LogP contribution in [-0.4, -0.2) is 12.1 Å². The summed E-state index contributed by atoms with van der Waals surface area (Å²) in [4.78, 5) is 12.5. The lowest BCUT2D eigenvalue weighted by atomic mass is 9.90. The van der Waals surface area contributed by atoms with Crippen molar-refractivity contribution in [2.45, 2.75) is 39.2 Å². The van der Waals surface area contributed by atoms with Crippen LogP contribution in [0.4, 0.5) is 0 Å². The van der Waals surface area contributed by atoms with Gasteiger partial charge in [0.25, 0.3) is 0 Å². The highest BCUT2D eigenvalue weighted by molar-refractivity contribution is 9.10. The van der Waals surface area contributed by atoms with Gasteiger partial charge in [-0.05, 0) is 59.6 Å². The Hall–Kier alpha value is -2.14. The fourth-order valence-corrected chi connectivity index (χ4v) is 4.79. The van der Waals surface area contributed by atoms with Gasteiger partial charge >= 0.3 is 0 Å². The smallest absolute Gasteiger partial charge is 0.244 e. The summed E-state index contributed by atoms with van der Waals surface area (Å²) in [6, 6.07) is 15.8. The molecule has 0 aliphatic heterocycles. The first-order valence-corrected chi connectivity index (χ1v) is 10.7. The van der Waals surface area contributed by atoms with Crippen LogP contribution >= 0.6 is 15.9 Å². The monoisotopic (exact) mass is 440 g/mol. The van der Waals surface area contributed by atoms with Gasteiger partial charge in [0.05, 0.1) is 6.21 Å². The van der Waals surface area contributed by atoms with E-state index in [1.54, 1.807) is 6.21 Å². The number of fused-ring (bicyclic) bond motifs is 1. The highest BCUT2D eigenvalue weighted by Gasteiger charge is 2.64. The molecule has 0 radical (unpaired) electrons. The Bertz CT molecular complexity index is 880. The number of amides is 1. The van der Waals surface area contributed by atoms with Gasteiger partial charge in [0, 0.05) is 10.4 Å². The largest absolute Gasteiger partial charge is 0.489 e. The maximum atomic E-state index is 12.5. The maximum Gasteiger partial charge on any atom is 0.244 e. The fourth-order valence-electron chi connectivity index (χ4n) is 4.52. The first kappa shape index (κ1) is 19.2. The number of halogens is 1. The Morgan fingerprint density at radius 2 is 2.11 bits per heavy atom. The molecule has 5 heteroatoms. The van der Waals surface area contributed by atoms with Gasteiger partial charge in [0.15, 0.2) is 0 Å². The molecule has 0 aromatic heterocycles. The summed E-state index contributed by atoms with van der Waals surface area (Å²) in [6.45, 7) is 2.75. The molecule has 28 heavy (non-hydrogen) atoms. The SMILES string of the molecule is C[C@]12CCCC[C@H]1[C@H]2C(=O)N/N=C\c1cccc(OCc2ccc(Br)cc2)c1. The Morgan fingerprint density at radius 3 is 2.86 bits per heavy atom. The molecule has 2 saturated carbocycles. The van der Waals surface area contributed by atoms with Crippen molar-refractivity contribution in [2.75, 3.05) is 0 Å². The van der Waals surface area contributed by atoms with Gasteiger partial charge in [0.1, 0.15) is 12.4 Å². The summed E-state index contributed by atoms with van der Waals surface area (Å²) in [7, 11) is 0. The number of carbonyl (C=O) groups is 1. The molecule has 146 valence electrons. The average Bonchev–Trinajstić information content (AvgIpc) is 3.33. The molecule has 4 rings (SSSR count). The van der Waals surface area contributed by atoms with E-state index in [9.17, 15) is 4.79 Å². The molecule has 0 spiro atoms. The van der Waals surface area contributed by atoms with E-state index in [0.717, 1.165) is 27.8 Å². The van der Waals surface area contributed by atoms with Gasteiger partial charge in [-0.1, -0.05) is 60.0 Å². The quantitative estimate of drug-likeness (QED) is 0.488. The van der Waals surface area contributed by atoms with Gasteiger partial charge in [-0.2, -0.15) is 5.10 Å². The molecular weight excluding hydrogens is 416 g/mol. The number of ether oxygens (including phenoxy) is 1. The molecule has 0 unspecified atom stereocenters. The van der Waals surface area contributed by atoms with Gasteiger partial charge in [-0.15, -0.1) is 0 Å². The fraction of sp³-hybridized carbons (Fsp3) is 0.391. The minimum Gasteiger partial charge on any atom is -0.489 e. The Balaban J connectivity index is 1.30. The van der Waals surface area contributed by atoms with Crippen molar-refractivity contribution < 1.29 is 9.53 Å². The first-order valence-electron chi connectivity index (χ1n) is 9.86. The van der Waals surface area contributed by atoms with Crippen LogP contribution in [0, 0.1) is 17.3 Å². The van der Waals surface area contributed by atoms with Crippen LogP contribution in [0.5, 0.6) is 5.75 Å². The van der Waals surface area contributed by atoms with Crippen LogP contribution in [0.3, 0.4) is 0 Å². The number of nitrogens with zero attached hydrogens (tertiary/aromatic N) is 1. The highest BCUT2D eigenvalue weighted by atomic mass is 79.9. The zero-order valence-corrected chi connectivity index (χ0v) is 17.6. The molecule has 2 aliphatic rings. The van der Waals surface area contributed by atoms with Gasteiger partial charge in [-0.3, -0.25) is 4.79 Å². The summed E-state index contributed by atoms with van der Waals surface area (Å²) in [5.74, 6) is 1.52. The number of hydrogen-bond acceptors (Lipinski definition) is 3. The van der Waals surface area contributed by atoms with Crippen molar-refractivity contribution in [3.8, 4) is 5.75 Å². The lowest BCUT2D eigenvalue weighted by Gasteiger charge is -2.15. The number of hydrogen-bond donors (Lipinski definition) is 1. The van der Waals surface area contributed by atoms with Crippen molar-refractivity contribution in [3.63, 3.8) is 0 Å². The topological polar surface area (TPSA) is 50.7 Å². The second kappa shape index (κ2) is 8.08. The highest BCUT2D eigenvalue weighted by Crippen LogP contribution is 2.66. The van der Waals surface area contributed by atoms with Gasteiger partial charge < -0.3 is 4.74 Å². The van der Waals surface area contributed by atoms with E-state index in [0.29, 0.717) is 12.5 Å². The predicted molar refractivity (Wildman–Crippen MR) is 114 cm³/mol. The van der Waals surface area contributed by atoms with Crippen molar-refractivity contribution >= 4 is 28.1 Å². The lowest BCUT2D eigenvalue weighted by molar-refractivity contribution is -0.123. The second-order valence-corrected chi connectivity index (χ2v) is 8.97. The molecule has 1 N–H and O–H groups in total. The summed E-state index contributed by atoms with van der Waals surface area (Å²) >= 11 is 3.43. The zero-order chi connectivity index (χ0) is 19.6. The average molecular weight is 441 g/mol. The number of nitrogens with one attached hydrogen (secondary N) is 1. The molecule has 0 saturated heterocycles. The van der Waals surface area contributed by atoms with E-state index in [1.165, 1.54) is 19.3 Å². The Kier molecular flexibility index (Phi) is 5.54. The van der Waals surface area contributed by atoms with Crippen LogP contribution in [0.25, 0.3) is 0 Å². The van der Waals surface area contributed by atoms with Crippen LogP contribution in [0.2, 0.25) is 0 Å². The normalized spacial score (nSPS) is 25.9. The molecule has 1 amide bonds. The van der Waals surface area contributed by atoms with Crippen molar-refractivity contribution in [1.29, 1.82) is 0 Å². The Labute approximate surface area is 174 Å². The van der Waals surface area contributed by atoms with Gasteiger partial charge in [0.2, 0.25) is 5.91 Å². The number of benzene rings is 2. The summed E-state index contributed by atoms with van der Waals surface area (Å²) in [5, 5.41) is 4.18. The van der Waals surface area contributed by atoms with Crippen LogP contribution in [0.15, 0.2) is 58.1 Å². The predicted octanol–water partition coefficient (Wildman–Crippen LogP) is 5.30. The standard InChI is InChI=1S/C23H25BrN2O2/c1-23-12-3-2-7-20(23)21(23)22(27)26-25-14-17-5-4-6-19(13-17)28-15-16-8-10-18(24)11-9-16/h4-6,8-11,13-14,20-21H,2-3,7,12,15H2,1H3,(H,26,27)/b25-14-/t20-,21-,23-/m0/s1. The van der Waals surface area contributed by atoms with E-state index in [4.69, 9.17) is 4.74 Å². The molecule has 2 aliphatic carbocycles. The minimum absolute atomic E-state index is 0.0632. The van der Waals surface area contributed by atoms with Crippen molar-refractivity contribution in [2.24, 2.45) is 22.4 Å². The van der Waals surface area contributed by atoms with Crippen molar-refractivity contribution in [3.05, 3.63) is 64.1 Å². The van der Waals surface area contributed by atoms with Crippen molar-refractivity contribution in [1.82, 2.24) is 5.43 Å². The third-order valence-electron chi connectivity index (χ3n) is 6.18. The number of rotatable bonds is 6. The third-order valence-corrected chi connectivity index (χ3v) is 6.71. The summed E-state index contributed by atoms with van der Waals surface area (Å²) in [5.41, 5.74) is 4.95. The molecular formula is C23H25BrN2O2. The van der Waals surface area contributed by atoms with Crippen LogP contribution < -0.4 is 10.2 Å². The van der Waals surface area contributed by atoms with Gasteiger partial charge in [-0.25, -0.2) is 5.43 Å². The van der Waals surface area contributed by atoms with E-state index in [2.05, 4.69) is 33.4 Å². The molecule has 4 nitrogen and oxygen atoms in total. The first-order chi connectivity index (χ1) is 13.6. The lowest BCUT2D eigenvalue weighted by Crippen LogP contribution is -2.22. The van der Waals surface area contributed by atoms with E-state index in [-0.39, 0.29) is 17.2 Å². The molecule has 2 aromatic rings. The molecule has 2 fully saturated rings.